The van der Waals surface area contributed by atoms with Crippen molar-refractivity contribution < 1.29 is 14.3 Å². The summed E-state index contributed by atoms with van der Waals surface area (Å²) in [7, 11) is 1.58. The Labute approximate surface area is 193 Å². The fourth-order valence-corrected chi connectivity index (χ4v) is 5.18. The molecule has 33 heavy (non-hydrogen) atoms. The van der Waals surface area contributed by atoms with Gasteiger partial charge in [0, 0.05) is 23.2 Å². The third kappa shape index (κ3) is 3.62. The second kappa shape index (κ2) is 7.97. The molecule has 0 saturated heterocycles. The highest BCUT2D eigenvalue weighted by Crippen LogP contribution is 2.52. The number of hydrogen-bond donors (Lipinski definition) is 1. The molecule has 5 heteroatoms. The summed E-state index contributed by atoms with van der Waals surface area (Å²) in [6.45, 7) is 4.28. The van der Waals surface area contributed by atoms with Crippen molar-refractivity contribution in [3.05, 3.63) is 71.3 Å². The lowest BCUT2D eigenvalue weighted by atomic mass is 9.68. The van der Waals surface area contributed by atoms with Gasteiger partial charge in [-0.25, -0.2) is 0 Å². The van der Waals surface area contributed by atoms with Crippen LogP contribution in [0.1, 0.15) is 43.9 Å². The summed E-state index contributed by atoms with van der Waals surface area (Å²) < 4.78 is 11.0. The molecule has 1 heterocycles. The van der Waals surface area contributed by atoms with Crippen molar-refractivity contribution in [3.8, 4) is 17.6 Å². The lowest BCUT2D eigenvalue weighted by molar-refractivity contribution is -0.118. The molecule has 2 aliphatic rings. The van der Waals surface area contributed by atoms with E-state index in [1.54, 1.807) is 13.2 Å². The average molecular weight is 439 g/mol. The molecule has 1 atom stereocenters. The minimum atomic E-state index is -0.281. The predicted octanol–water partition coefficient (Wildman–Crippen LogP) is 6.06. The zero-order valence-electron chi connectivity index (χ0n) is 19.1. The minimum Gasteiger partial charge on any atom is -0.493 e. The van der Waals surface area contributed by atoms with Gasteiger partial charge in [0.25, 0.3) is 0 Å². The summed E-state index contributed by atoms with van der Waals surface area (Å²) in [6.07, 6.45) is 1.36. The molecular formula is C28H26N2O3. The molecule has 0 fully saturated rings. The van der Waals surface area contributed by atoms with Gasteiger partial charge < -0.3 is 14.8 Å². The van der Waals surface area contributed by atoms with Crippen molar-refractivity contribution in [1.29, 1.82) is 5.26 Å². The molecule has 166 valence electrons. The van der Waals surface area contributed by atoms with Gasteiger partial charge in [-0.15, -0.1) is 0 Å². The van der Waals surface area contributed by atoms with Crippen molar-refractivity contribution in [2.75, 3.05) is 19.0 Å². The number of ketones is 1. The van der Waals surface area contributed by atoms with Crippen LogP contribution in [0.15, 0.2) is 60.2 Å². The molecule has 0 saturated carbocycles. The van der Waals surface area contributed by atoms with E-state index in [2.05, 4.69) is 49.5 Å². The zero-order valence-corrected chi connectivity index (χ0v) is 19.1. The normalized spacial score (nSPS) is 18.7. The Bertz CT molecular complexity index is 1350. The number of ether oxygens (including phenoxy) is 2. The van der Waals surface area contributed by atoms with Crippen LogP contribution in [0, 0.1) is 16.7 Å². The Morgan fingerprint density at radius 1 is 1.09 bits per heavy atom. The van der Waals surface area contributed by atoms with Crippen LogP contribution < -0.4 is 14.8 Å². The van der Waals surface area contributed by atoms with Gasteiger partial charge >= 0.3 is 0 Å². The maximum absolute atomic E-state index is 13.5. The van der Waals surface area contributed by atoms with Gasteiger partial charge in [-0.05, 0) is 51.9 Å². The van der Waals surface area contributed by atoms with Crippen LogP contribution >= 0.6 is 0 Å². The molecule has 0 aromatic heterocycles. The maximum atomic E-state index is 13.5. The van der Waals surface area contributed by atoms with Crippen LogP contribution in [-0.2, 0) is 4.79 Å². The Balaban J connectivity index is 1.70. The Hall–Kier alpha value is -3.78. The molecule has 0 spiro atoms. The molecule has 1 aliphatic heterocycles. The number of nitrogens with one attached hydrogen (secondary N) is 1. The molecule has 0 bridgehead atoms. The number of nitriles is 1. The van der Waals surface area contributed by atoms with E-state index in [4.69, 9.17) is 14.7 Å². The highest BCUT2D eigenvalue weighted by Gasteiger charge is 2.41. The molecule has 5 nitrogen and oxygen atoms in total. The maximum Gasteiger partial charge on any atom is 0.174 e. The molecule has 3 aromatic carbocycles. The quantitative estimate of drug-likeness (QED) is 0.536. The fraction of sp³-hybridized carbons (Fsp3) is 0.286. The summed E-state index contributed by atoms with van der Waals surface area (Å²) >= 11 is 0. The van der Waals surface area contributed by atoms with E-state index in [0.29, 0.717) is 17.9 Å². The van der Waals surface area contributed by atoms with Crippen LogP contribution in [0.4, 0.5) is 5.69 Å². The van der Waals surface area contributed by atoms with Gasteiger partial charge in [0.05, 0.1) is 13.2 Å². The summed E-state index contributed by atoms with van der Waals surface area (Å²) in [6, 6.07) is 19.9. The number of carbonyl (C=O) groups excluding carboxylic acids is 1. The van der Waals surface area contributed by atoms with E-state index in [-0.39, 0.29) is 23.8 Å². The van der Waals surface area contributed by atoms with Crippen LogP contribution in [0.25, 0.3) is 16.3 Å². The first-order valence-electron chi connectivity index (χ1n) is 11.1. The van der Waals surface area contributed by atoms with Gasteiger partial charge in [-0.1, -0.05) is 50.2 Å². The largest absolute Gasteiger partial charge is 0.493 e. The Morgan fingerprint density at radius 2 is 1.91 bits per heavy atom. The van der Waals surface area contributed by atoms with Crippen molar-refractivity contribution in [2.45, 2.75) is 32.7 Å². The van der Waals surface area contributed by atoms with E-state index in [9.17, 15) is 4.79 Å². The fourth-order valence-electron chi connectivity index (χ4n) is 5.18. The molecule has 0 radical (unpaired) electrons. The third-order valence-corrected chi connectivity index (χ3v) is 6.55. The SMILES string of the molecule is COc1cc([C@H]2Nc3ccc4ccccc4c3C3=C2C(=O)CC(C)(C)C3)ccc1OCC#N. The van der Waals surface area contributed by atoms with Gasteiger partial charge in [-0.2, -0.15) is 5.26 Å². The number of benzene rings is 3. The summed E-state index contributed by atoms with van der Waals surface area (Å²) in [5.41, 5.74) is 4.98. The highest BCUT2D eigenvalue weighted by molar-refractivity contribution is 6.12. The first kappa shape index (κ1) is 21.1. The number of fused-ring (bicyclic) bond motifs is 4. The van der Waals surface area contributed by atoms with Gasteiger partial charge in [-0.3, -0.25) is 4.79 Å². The minimum absolute atomic E-state index is 0.0549. The van der Waals surface area contributed by atoms with Crippen LogP contribution in [-0.4, -0.2) is 19.5 Å². The Morgan fingerprint density at radius 3 is 2.70 bits per heavy atom. The lowest BCUT2D eigenvalue weighted by Gasteiger charge is -2.40. The first-order chi connectivity index (χ1) is 15.9. The van der Waals surface area contributed by atoms with E-state index in [0.717, 1.165) is 39.8 Å². The van der Waals surface area contributed by atoms with Gasteiger partial charge in [0.2, 0.25) is 0 Å². The number of carbonyl (C=O) groups is 1. The number of allylic oxidation sites excluding steroid dienone is 1. The molecule has 1 N–H and O–H groups in total. The van der Waals surface area contributed by atoms with Crippen molar-refractivity contribution in [3.63, 3.8) is 0 Å². The summed E-state index contributed by atoms with van der Waals surface area (Å²) in [4.78, 5) is 13.5. The van der Waals surface area contributed by atoms with Crippen molar-refractivity contribution >= 4 is 27.8 Å². The smallest absolute Gasteiger partial charge is 0.174 e. The molecule has 3 aromatic rings. The predicted molar refractivity (Wildman–Crippen MR) is 129 cm³/mol. The van der Waals surface area contributed by atoms with Crippen LogP contribution in [0.3, 0.4) is 0 Å². The highest BCUT2D eigenvalue weighted by atomic mass is 16.5. The third-order valence-electron chi connectivity index (χ3n) is 6.55. The average Bonchev–Trinajstić information content (AvgIpc) is 2.80. The molecule has 5 rings (SSSR count). The second-order valence-electron chi connectivity index (χ2n) is 9.48. The van der Waals surface area contributed by atoms with E-state index in [1.807, 2.05) is 24.3 Å². The zero-order chi connectivity index (χ0) is 23.2. The van der Waals surface area contributed by atoms with Crippen molar-refractivity contribution in [1.82, 2.24) is 0 Å². The number of rotatable bonds is 4. The number of Topliss-reactive ketones (excluding diaryl/α,β-unsaturated/α-hetero) is 1. The monoisotopic (exact) mass is 438 g/mol. The van der Waals surface area contributed by atoms with Crippen molar-refractivity contribution in [2.24, 2.45) is 5.41 Å². The summed E-state index contributed by atoms with van der Waals surface area (Å²) in [5, 5.41) is 14.8. The Kier molecular flexibility index (Phi) is 5.09. The van der Waals surface area contributed by atoms with E-state index < -0.39 is 0 Å². The van der Waals surface area contributed by atoms with Crippen LogP contribution in [0.5, 0.6) is 11.5 Å². The second-order valence-corrected chi connectivity index (χ2v) is 9.48. The molecular weight excluding hydrogens is 412 g/mol. The number of nitrogens with zero attached hydrogens (tertiary/aromatic N) is 1. The van der Waals surface area contributed by atoms with E-state index >= 15 is 0 Å². The van der Waals surface area contributed by atoms with Gasteiger partial charge in [0.15, 0.2) is 23.9 Å². The molecule has 0 unspecified atom stereocenters. The van der Waals surface area contributed by atoms with E-state index in [1.165, 1.54) is 5.39 Å². The first-order valence-corrected chi connectivity index (χ1v) is 11.1. The number of anilines is 1. The molecule has 1 aliphatic carbocycles. The number of methoxy groups -OCH3 is 1. The standard InChI is InChI=1S/C28H26N2O3/c1-28(2)15-20-25-19-7-5-4-6-17(19)8-10-21(25)30-27(26(20)22(31)16-28)18-9-11-23(33-13-12-29)24(14-18)32-3/h4-11,14,27,30H,13,15-16H2,1-3H3/t27-/m1/s1. The topological polar surface area (TPSA) is 71.3 Å². The molecule has 0 amide bonds. The van der Waals surface area contributed by atoms with Gasteiger partial charge in [0.1, 0.15) is 6.07 Å². The van der Waals surface area contributed by atoms with Crippen LogP contribution in [0.2, 0.25) is 0 Å². The number of hydrogen-bond acceptors (Lipinski definition) is 5. The summed E-state index contributed by atoms with van der Waals surface area (Å²) in [5.74, 6) is 1.23. The lowest BCUT2D eigenvalue weighted by Crippen LogP contribution is -2.33.